The van der Waals surface area contributed by atoms with Gasteiger partial charge in [-0.2, -0.15) is 0 Å². The van der Waals surface area contributed by atoms with Gasteiger partial charge in [0.05, 0.1) is 38.3 Å². The predicted octanol–water partition coefficient (Wildman–Crippen LogP) is 11.7. The molecule has 0 spiro atoms. The zero-order chi connectivity index (χ0) is 33.7. The summed E-state index contributed by atoms with van der Waals surface area (Å²) >= 11 is 1.76. The van der Waals surface area contributed by atoms with E-state index < -0.39 is 0 Å². The Bertz CT molecular complexity index is 2890. The van der Waals surface area contributed by atoms with E-state index in [1.54, 1.807) is 11.3 Å². The van der Waals surface area contributed by atoms with Gasteiger partial charge < -0.3 is 0 Å². The highest BCUT2D eigenvalue weighted by atomic mass is 32.1. The molecular formula is C45H27N5S. The molecule has 238 valence electrons. The first-order valence-corrected chi connectivity index (χ1v) is 17.6. The van der Waals surface area contributed by atoms with E-state index in [1.165, 1.54) is 5.39 Å². The Labute approximate surface area is 297 Å². The summed E-state index contributed by atoms with van der Waals surface area (Å²) in [4.78, 5) is 25.7. The lowest BCUT2D eigenvalue weighted by atomic mass is 9.96. The molecule has 0 amide bonds. The quantitative estimate of drug-likeness (QED) is 0.171. The second-order valence-electron chi connectivity index (χ2n) is 12.5. The molecule has 51 heavy (non-hydrogen) atoms. The molecule has 0 N–H and O–H groups in total. The van der Waals surface area contributed by atoms with E-state index in [4.69, 9.17) is 15.0 Å². The van der Waals surface area contributed by atoms with Crippen molar-refractivity contribution in [3.63, 3.8) is 0 Å². The number of benzene rings is 4. The third kappa shape index (κ3) is 5.04. The normalized spacial score (nSPS) is 11.5. The average Bonchev–Trinajstić information content (AvgIpc) is 3.62. The highest BCUT2D eigenvalue weighted by molar-refractivity contribution is 7.23. The van der Waals surface area contributed by atoms with Crippen LogP contribution < -0.4 is 0 Å². The highest BCUT2D eigenvalue weighted by Crippen LogP contribution is 2.49. The van der Waals surface area contributed by atoms with Crippen molar-refractivity contribution in [2.45, 2.75) is 0 Å². The third-order valence-electron chi connectivity index (χ3n) is 9.45. The molecule has 6 heteroatoms. The van der Waals surface area contributed by atoms with E-state index in [2.05, 4.69) is 119 Å². The molecular weight excluding hydrogens is 643 g/mol. The molecule has 0 fully saturated rings. The summed E-state index contributed by atoms with van der Waals surface area (Å²) in [6.45, 7) is 0. The minimum Gasteiger partial charge on any atom is -0.264 e. The molecule has 0 radical (unpaired) electrons. The first kappa shape index (κ1) is 29.3. The maximum Gasteiger partial charge on any atom is 0.0972 e. The van der Waals surface area contributed by atoms with Crippen molar-refractivity contribution < 1.29 is 0 Å². The summed E-state index contributed by atoms with van der Waals surface area (Å²) in [6, 6.07) is 48.3. The van der Waals surface area contributed by atoms with Crippen molar-refractivity contribution >= 4 is 54.1 Å². The maximum atomic E-state index is 5.28. The Hall–Kier alpha value is -6.63. The SMILES string of the molecule is c1ccc(-c2ccc3ccc4ccc(-c5ccc(-c6nc7ccccc7c7c(-c8cccnc8)c(-c8cccnc8)sc67)cc5)nc4c3n2)cc1. The first-order chi connectivity index (χ1) is 25.3. The van der Waals surface area contributed by atoms with Gasteiger partial charge in [0.25, 0.3) is 0 Å². The largest absolute Gasteiger partial charge is 0.264 e. The van der Waals surface area contributed by atoms with Gasteiger partial charge >= 0.3 is 0 Å². The lowest BCUT2D eigenvalue weighted by molar-refractivity contribution is 1.33. The number of para-hydroxylation sites is 1. The lowest BCUT2D eigenvalue weighted by Gasteiger charge is -2.10. The Morgan fingerprint density at radius 1 is 0.431 bits per heavy atom. The predicted molar refractivity (Wildman–Crippen MR) is 210 cm³/mol. The van der Waals surface area contributed by atoms with E-state index in [0.29, 0.717) is 0 Å². The molecule has 0 saturated carbocycles. The number of hydrogen-bond donors (Lipinski definition) is 0. The number of aromatic nitrogens is 5. The van der Waals surface area contributed by atoms with Gasteiger partial charge in [-0.05, 0) is 30.3 Å². The summed E-state index contributed by atoms with van der Waals surface area (Å²) < 4.78 is 1.13. The minimum atomic E-state index is 0.897. The van der Waals surface area contributed by atoms with Crippen LogP contribution in [0.25, 0.3) is 98.1 Å². The van der Waals surface area contributed by atoms with Crippen molar-refractivity contribution in [1.29, 1.82) is 0 Å². The highest BCUT2D eigenvalue weighted by Gasteiger charge is 2.22. The van der Waals surface area contributed by atoms with Crippen molar-refractivity contribution in [2.24, 2.45) is 0 Å². The van der Waals surface area contributed by atoms with Gasteiger partial charge in [-0.15, -0.1) is 11.3 Å². The number of rotatable bonds is 5. The summed E-state index contributed by atoms with van der Waals surface area (Å²) in [6.07, 6.45) is 7.52. The fourth-order valence-corrected chi connectivity index (χ4v) is 8.33. The Kier molecular flexibility index (Phi) is 6.93. The zero-order valence-corrected chi connectivity index (χ0v) is 28.0. The smallest absolute Gasteiger partial charge is 0.0972 e. The molecule has 10 rings (SSSR count). The van der Waals surface area contributed by atoms with E-state index in [0.717, 1.165) is 92.7 Å². The van der Waals surface area contributed by atoms with Crippen LogP contribution in [-0.2, 0) is 0 Å². The lowest BCUT2D eigenvalue weighted by Crippen LogP contribution is -1.91. The first-order valence-electron chi connectivity index (χ1n) is 16.8. The van der Waals surface area contributed by atoms with Crippen LogP contribution in [0.1, 0.15) is 0 Å². The van der Waals surface area contributed by atoms with Crippen LogP contribution in [0.3, 0.4) is 0 Å². The van der Waals surface area contributed by atoms with Gasteiger partial charge in [-0.3, -0.25) is 9.97 Å². The topological polar surface area (TPSA) is 64.5 Å². The molecule has 0 aliphatic rings. The summed E-state index contributed by atoms with van der Waals surface area (Å²) in [7, 11) is 0. The van der Waals surface area contributed by atoms with Crippen LogP contribution in [0.15, 0.2) is 164 Å². The molecule has 0 saturated heterocycles. The fraction of sp³-hybridized carbons (Fsp3) is 0. The molecule has 4 aromatic carbocycles. The second-order valence-corrected chi connectivity index (χ2v) is 13.5. The minimum absolute atomic E-state index is 0.897. The van der Waals surface area contributed by atoms with E-state index in [-0.39, 0.29) is 0 Å². The zero-order valence-electron chi connectivity index (χ0n) is 27.2. The molecule has 10 aromatic rings. The van der Waals surface area contributed by atoms with Gasteiger partial charge in [0, 0.05) is 84.6 Å². The number of nitrogens with zero attached hydrogens (tertiary/aromatic N) is 5. The molecule has 0 unspecified atom stereocenters. The van der Waals surface area contributed by atoms with Crippen LogP contribution in [0.5, 0.6) is 0 Å². The molecule has 5 nitrogen and oxygen atoms in total. The molecule has 6 heterocycles. The van der Waals surface area contributed by atoms with Gasteiger partial charge in [-0.25, -0.2) is 15.0 Å². The summed E-state index contributed by atoms with van der Waals surface area (Å²) in [5, 5.41) is 4.44. The Balaban J connectivity index is 1.13. The van der Waals surface area contributed by atoms with Gasteiger partial charge in [-0.1, -0.05) is 109 Å². The van der Waals surface area contributed by atoms with Crippen LogP contribution in [0.2, 0.25) is 0 Å². The number of thiophene rings is 1. The molecule has 6 aromatic heterocycles. The van der Waals surface area contributed by atoms with Crippen LogP contribution in [0, 0.1) is 0 Å². The van der Waals surface area contributed by atoms with E-state index in [1.807, 2.05) is 55.1 Å². The van der Waals surface area contributed by atoms with Crippen molar-refractivity contribution in [3.05, 3.63) is 164 Å². The van der Waals surface area contributed by atoms with Gasteiger partial charge in [0.1, 0.15) is 0 Å². The van der Waals surface area contributed by atoms with Crippen molar-refractivity contribution in [2.75, 3.05) is 0 Å². The third-order valence-corrected chi connectivity index (χ3v) is 10.7. The monoisotopic (exact) mass is 669 g/mol. The van der Waals surface area contributed by atoms with E-state index >= 15 is 0 Å². The number of hydrogen-bond acceptors (Lipinski definition) is 6. The number of fused-ring (bicyclic) bond motifs is 6. The molecule has 0 atom stereocenters. The summed E-state index contributed by atoms with van der Waals surface area (Å²) in [5.41, 5.74) is 12.0. The molecule has 0 aliphatic heterocycles. The summed E-state index contributed by atoms with van der Waals surface area (Å²) in [5.74, 6) is 0. The van der Waals surface area contributed by atoms with Crippen molar-refractivity contribution in [1.82, 2.24) is 24.9 Å². The molecule has 0 aliphatic carbocycles. The Morgan fingerprint density at radius 2 is 1.00 bits per heavy atom. The fourth-order valence-electron chi connectivity index (χ4n) is 6.99. The molecule has 0 bridgehead atoms. The van der Waals surface area contributed by atoms with Gasteiger partial charge in [0.2, 0.25) is 0 Å². The van der Waals surface area contributed by atoms with Gasteiger partial charge in [0.15, 0.2) is 0 Å². The van der Waals surface area contributed by atoms with Crippen molar-refractivity contribution in [3.8, 4) is 55.3 Å². The number of pyridine rings is 5. The average molecular weight is 670 g/mol. The second kappa shape index (κ2) is 12.1. The van der Waals surface area contributed by atoms with E-state index in [9.17, 15) is 0 Å². The van der Waals surface area contributed by atoms with Crippen LogP contribution in [-0.4, -0.2) is 24.9 Å². The van der Waals surface area contributed by atoms with Crippen LogP contribution in [0.4, 0.5) is 0 Å². The van der Waals surface area contributed by atoms with Crippen LogP contribution >= 0.6 is 11.3 Å². The Morgan fingerprint density at radius 3 is 1.67 bits per heavy atom. The maximum absolute atomic E-state index is 5.28. The standard InChI is InChI=1S/C45H27N5S/c1-2-8-28(9-3-1)36-22-20-30-18-19-31-21-23-37(49-42(31)41(30)48-36)29-14-16-32(17-15-29)43-45-40(35-12-4-5-13-38(35)50-43)39(33-10-6-24-46-26-33)44(51-45)34-11-7-25-47-27-34/h1-27H.